The number of rotatable bonds is 5. The van der Waals surface area contributed by atoms with Crippen molar-refractivity contribution in [3.8, 4) is 0 Å². The number of nitrogens with two attached hydrogens (primary N) is 1. The Bertz CT molecular complexity index is 232. The lowest BCUT2D eigenvalue weighted by atomic mass is 10.6. The maximum atomic E-state index is 10.8. The SMILES string of the molecule is CCOC(=O)COCC(=O)NC(N)=S. The van der Waals surface area contributed by atoms with Gasteiger partial charge in [0.2, 0.25) is 0 Å². The van der Waals surface area contributed by atoms with Gasteiger partial charge in [-0.05, 0) is 19.1 Å². The van der Waals surface area contributed by atoms with E-state index in [1.54, 1.807) is 6.92 Å². The van der Waals surface area contributed by atoms with E-state index in [9.17, 15) is 9.59 Å². The van der Waals surface area contributed by atoms with Crippen molar-refractivity contribution in [3.05, 3.63) is 0 Å². The second-order valence-electron chi connectivity index (χ2n) is 2.21. The Balaban J connectivity index is 3.49. The van der Waals surface area contributed by atoms with E-state index in [-0.39, 0.29) is 24.9 Å². The molecule has 0 saturated carbocycles. The zero-order valence-corrected chi connectivity index (χ0v) is 8.56. The molecule has 0 aromatic heterocycles. The maximum Gasteiger partial charge on any atom is 0.332 e. The van der Waals surface area contributed by atoms with Gasteiger partial charge in [-0.2, -0.15) is 0 Å². The fourth-order valence-corrected chi connectivity index (χ4v) is 0.717. The molecule has 0 radical (unpaired) electrons. The summed E-state index contributed by atoms with van der Waals surface area (Å²) in [5.41, 5.74) is 5.02. The zero-order valence-electron chi connectivity index (χ0n) is 7.74. The van der Waals surface area contributed by atoms with Gasteiger partial charge in [-0.15, -0.1) is 0 Å². The lowest BCUT2D eigenvalue weighted by Crippen LogP contribution is -2.37. The normalized spacial score (nSPS) is 9.21. The number of thiocarbonyl (C=S) groups is 1. The van der Waals surface area contributed by atoms with Crippen molar-refractivity contribution in [3.63, 3.8) is 0 Å². The van der Waals surface area contributed by atoms with Crippen LogP contribution in [0, 0.1) is 0 Å². The summed E-state index contributed by atoms with van der Waals surface area (Å²) in [5.74, 6) is -1.02. The minimum Gasteiger partial charge on any atom is -0.464 e. The monoisotopic (exact) mass is 220 g/mol. The topological polar surface area (TPSA) is 90.6 Å². The van der Waals surface area contributed by atoms with Gasteiger partial charge in [0.05, 0.1) is 6.61 Å². The second-order valence-corrected chi connectivity index (χ2v) is 2.65. The minimum atomic E-state index is -0.518. The first-order valence-corrected chi connectivity index (χ1v) is 4.29. The summed E-state index contributed by atoms with van der Waals surface area (Å²) in [7, 11) is 0. The molecule has 0 bridgehead atoms. The van der Waals surface area contributed by atoms with Crippen molar-refractivity contribution in [2.75, 3.05) is 19.8 Å². The summed E-state index contributed by atoms with van der Waals surface area (Å²) < 4.78 is 9.27. The highest BCUT2D eigenvalue weighted by molar-refractivity contribution is 7.80. The highest BCUT2D eigenvalue weighted by atomic mass is 32.1. The lowest BCUT2D eigenvalue weighted by molar-refractivity contribution is -0.149. The van der Waals surface area contributed by atoms with Crippen LogP contribution in [0.15, 0.2) is 0 Å². The molecule has 0 heterocycles. The van der Waals surface area contributed by atoms with Crippen molar-refractivity contribution in [1.82, 2.24) is 5.32 Å². The van der Waals surface area contributed by atoms with Crippen molar-refractivity contribution in [2.24, 2.45) is 5.73 Å². The van der Waals surface area contributed by atoms with Gasteiger partial charge < -0.3 is 20.5 Å². The maximum absolute atomic E-state index is 10.8. The molecular formula is C7H12N2O4S. The molecule has 3 N–H and O–H groups in total. The Morgan fingerprint density at radius 1 is 1.43 bits per heavy atom. The summed E-state index contributed by atoms with van der Waals surface area (Å²) in [6.07, 6.45) is 0. The minimum absolute atomic E-state index is 0.130. The molecule has 0 aliphatic carbocycles. The standard InChI is InChI=1S/C7H12N2O4S/c1-2-13-6(11)4-12-3-5(10)9-7(8)14/h2-4H2,1H3,(H3,8,9,10,14). The molecule has 0 spiro atoms. The number of nitrogens with one attached hydrogen (secondary N) is 1. The van der Waals surface area contributed by atoms with Gasteiger partial charge in [-0.3, -0.25) is 4.79 Å². The second kappa shape index (κ2) is 7.22. The van der Waals surface area contributed by atoms with E-state index in [1.807, 2.05) is 0 Å². The largest absolute Gasteiger partial charge is 0.464 e. The highest BCUT2D eigenvalue weighted by Gasteiger charge is 2.05. The molecule has 0 saturated heterocycles. The summed E-state index contributed by atoms with van der Waals surface area (Å²) in [6, 6.07) is 0. The Morgan fingerprint density at radius 2 is 2.07 bits per heavy atom. The van der Waals surface area contributed by atoms with Gasteiger partial charge in [-0.25, -0.2) is 4.79 Å². The first-order valence-electron chi connectivity index (χ1n) is 3.89. The number of carbonyl (C=O) groups is 2. The molecule has 80 valence electrons. The number of hydrogen-bond acceptors (Lipinski definition) is 5. The van der Waals surface area contributed by atoms with E-state index in [1.165, 1.54) is 0 Å². The van der Waals surface area contributed by atoms with Gasteiger partial charge in [0.25, 0.3) is 5.91 Å². The van der Waals surface area contributed by atoms with Crippen LogP contribution in [-0.2, 0) is 19.1 Å². The van der Waals surface area contributed by atoms with Crippen LogP contribution in [0.4, 0.5) is 0 Å². The van der Waals surface area contributed by atoms with Crippen LogP contribution in [0.5, 0.6) is 0 Å². The lowest BCUT2D eigenvalue weighted by Gasteiger charge is -2.04. The molecule has 0 aromatic rings. The molecule has 0 aliphatic heterocycles. The first-order chi connectivity index (χ1) is 6.56. The summed E-state index contributed by atoms with van der Waals surface area (Å²) >= 11 is 4.41. The van der Waals surface area contributed by atoms with Crippen LogP contribution in [0.25, 0.3) is 0 Å². The van der Waals surface area contributed by atoms with Gasteiger partial charge >= 0.3 is 5.97 Å². The third-order valence-electron chi connectivity index (χ3n) is 1.02. The van der Waals surface area contributed by atoms with E-state index in [0.717, 1.165) is 0 Å². The Kier molecular flexibility index (Phi) is 6.59. The van der Waals surface area contributed by atoms with Crippen molar-refractivity contribution in [1.29, 1.82) is 0 Å². The Morgan fingerprint density at radius 3 is 2.57 bits per heavy atom. The van der Waals surface area contributed by atoms with E-state index < -0.39 is 11.9 Å². The fraction of sp³-hybridized carbons (Fsp3) is 0.571. The molecule has 14 heavy (non-hydrogen) atoms. The van der Waals surface area contributed by atoms with Gasteiger partial charge in [0, 0.05) is 0 Å². The molecule has 1 amide bonds. The van der Waals surface area contributed by atoms with Crippen LogP contribution in [0.3, 0.4) is 0 Å². The molecule has 0 rings (SSSR count). The summed E-state index contributed by atoms with van der Waals surface area (Å²) in [4.78, 5) is 21.6. The molecule has 7 heteroatoms. The van der Waals surface area contributed by atoms with Crippen LogP contribution < -0.4 is 11.1 Å². The Hall–Kier alpha value is -1.21. The molecule has 6 nitrogen and oxygen atoms in total. The molecule has 0 unspecified atom stereocenters. The molecule has 0 aliphatic rings. The number of amides is 1. The molecule has 0 atom stereocenters. The van der Waals surface area contributed by atoms with Gasteiger partial charge in [0.1, 0.15) is 13.2 Å². The number of hydrogen-bond donors (Lipinski definition) is 2. The number of esters is 1. The van der Waals surface area contributed by atoms with E-state index in [2.05, 4.69) is 22.3 Å². The predicted octanol–water partition coefficient (Wildman–Crippen LogP) is -1.07. The molecule has 0 fully saturated rings. The third-order valence-corrected chi connectivity index (χ3v) is 1.12. The zero-order chi connectivity index (χ0) is 11.0. The summed E-state index contributed by atoms with van der Waals surface area (Å²) in [6.45, 7) is 1.41. The van der Waals surface area contributed by atoms with Gasteiger partial charge in [0.15, 0.2) is 5.11 Å². The van der Waals surface area contributed by atoms with Crippen LogP contribution in [0.1, 0.15) is 6.92 Å². The Labute approximate surface area is 86.7 Å². The van der Waals surface area contributed by atoms with Crippen LogP contribution in [-0.4, -0.2) is 36.8 Å². The predicted molar refractivity (Wildman–Crippen MR) is 52.4 cm³/mol. The smallest absolute Gasteiger partial charge is 0.332 e. The van der Waals surface area contributed by atoms with E-state index in [4.69, 9.17) is 10.5 Å². The third kappa shape index (κ3) is 7.44. The highest BCUT2D eigenvalue weighted by Crippen LogP contribution is 1.81. The summed E-state index contributed by atoms with van der Waals surface area (Å²) in [5, 5.41) is 2.01. The number of ether oxygens (including phenoxy) is 2. The van der Waals surface area contributed by atoms with Crippen LogP contribution >= 0.6 is 12.2 Å². The average Bonchev–Trinajstić information content (AvgIpc) is 2.02. The van der Waals surface area contributed by atoms with E-state index in [0.29, 0.717) is 0 Å². The van der Waals surface area contributed by atoms with Crippen LogP contribution in [0.2, 0.25) is 0 Å². The van der Waals surface area contributed by atoms with Gasteiger partial charge in [-0.1, -0.05) is 0 Å². The first kappa shape index (κ1) is 12.8. The van der Waals surface area contributed by atoms with Crippen molar-refractivity contribution >= 4 is 29.2 Å². The van der Waals surface area contributed by atoms with Crippen molar-refractivity contribution in [2.45, 2.75) is 6.92 Å². The molecule has 0 aromatic carbocycles. The quantitative estimate of drug-likeness (QED) is 0.452. The van der Waals surface area contributed by atoms with E-state index >= 15 is 0 Å². The average molecular weight is 220 g/mol. The molecular weight excluding hydrogens is 208 g/mol. The fourth-order valence-electron chi connectivity index (χ4n) is 0.603. The van der Waals surface area contributed by atoms with Crippen molar-refractivity contribution < 1.29 is 19.1 Å². The number of carbonyl (C=O) groups excluding carboxylic acids is 2.